The predicted octanol–water partition coefficient (Wildman–Crippen LogP) is 3.22. The van der Waals surface area contributed by atoms with Gasteiger partial charge in [0.05, 0.1) is 17.3 Å². The van der Waals surface area contributed by atoms with Crippen molar-refractivity contribution in [3.63, 3.8) is 0 Å². The molecule has 1 aliphatic rings. The van der Waals surface area contributed by atoms with Crippen molar-refractivity contribution in [1.82, 2.24) is 0 Å². The molecule has 0 saturated heterocycles. The minimum absolute atomic E-state index is 0.205. The van der Waals surface area contributed by atoms with Crippen molar-refractivity contribution in [1.29, 1.82) is 5.26 Å². The molecule has 0 aliphatic heterocycles. The largest absolute Gasteiger partial charge is 0.376 e. The monoisotopic (exact) mass is 216 g/mol. The maximum atomic E-state index is 13.6. The molecule has 3 heteroatoms. The molecule has 0 amide bonds. The first-order chi connectivity index (χ1) is 7.79. The molecule has 0 spiro atoms. The molecule has 2 nitrogen and oxygen atoms in total. The summed E-state index contributed by atoms with van der Waals surface area (Å²) in [7, 11) is 0. The molecule has 1 aromatic carbocycles. The van der Waals surface area contributed by atoms with Gasteiger partial charge in [-0.2, -0.15) is 5.26 Å². The van der Waals surface area contributed by atoms with Crippen LogP contribution in [0.25, 0.3) is 0 Å². The summed E-state index contributed by atoms with van der Waals surface area (Å²) in [4.78, 5) is 0. The van der Waals surface area contributed by atoms with E-state index in [1.807, 2.05) is 6.07 Å². The molecule has 0 heterocycles. The molecular weight excluding hydrogens is 203 g/mol. The van der Waals surface area contributed by atoms with Gasteiger partial charge in [0.1, 0.15) is 5.82 Å². The van der Waals surface area contributed by atoms with Crippen LogP contribution < -0.4 is 5.32 Å². The van der Waals surface area contributed by atoms with Crippen molar-refractivity contribution in [3.8, 4) is 6.07 Å². The molecule has 0 fully saturated rings. The van der Waals surface area contributed by atoms with Crippen molar-refractivity contribution in [2.24, 2.45) is 0 Å². The third kappa shape index (κ3) is 2.40. The van der Waals surface area contributed by atoms with E-state index in [1.165, 1.54) is 6.07 Å². The molecule has 16 heavy (non-hydrogen) atoms. The molecular formula is C13H13FN2. The van der Waals surface area contributed by atoms with Crippen molar-refractivity contribution >= 4 is 5.69 Å². The van der Waals surface area contributed by atoms with Crippen LogP contribution in [0.4, 0.5) is 10.1 Å². The van der Waals surface area contributed by atoms with Crippen LogP contribution in [0.15, 0.2) is 30.4 Å². The summed E-state index contributed by atoms with van der Waals surface area (Å²) in [5.74, 6) is -0.363. The summed E-state index contributed by atoms with van der Waals surface area (Å²) in [5.41, 5.74) is 0.817. The average molecular weight is 216 g/mol. The van der Waals surface area contributed by atoms with Gasteiger partial charge >= 0.3 is 0 Å². The lowest BCUT2D eigenvalue weighted by Gasteiger charge is -2.19. The van der Waals surface area contributed by atoms with E-state index in [0.29, 0.717) is 11.3 Å². The van der Waals surface area contributed by atoms with E-state index in [-0.39, 0.29) is 11.9 Å². The fraction of sp³-hybridized carbons (Fsp3) is 0.308. The van der Waals surface area contributed by atoms with Crippen LogP contribution in [0.5, 0.6) is 0 Å². The number of rotatable bonds is 2. The number of nitrogens with one attached hydrogen (secondary N) is 1. The second kappa shape index (κ2) is 4.80. The normalized spacial score (nSPS) is 19.1. The Morgan fingerprint density at radius 1 is 1.44 bits per heavy atom. The van der Waals surface area contributed by atoms with Gasteiger partial charge in [-0.3, -0.25) is 0 Å². The molecule has 1 N–H and O–H groups in total. The zero-order chi connectivity index (χ0) is 11.4. The first-order valence-electron chi connectivity index (χ1n) is 5.42. The highest BCUT2D eigenvalue weighted by Gasteiger charge is 2.10. The zero-order valence-corrected chi connectivity index (χ0v) is 8.91. The lowest BCUT2D eigenvalue weighted by Crippen LogP contribution is -2.19. The highest BCUT2D eigenvalue weighted by molar-refractivity contribution is 5.50. The molecule has 0 aromatic heterocycles. The van der Waals surface area contributed by atoms with Crippen molar-refractivity contribution in [2.45, 2.75) is 25.3 Å². The minimum atomic E-state index is -0.363. The molecule has 82 valence electrons. The van der Waals surface area contributed by atoms with Crippen molar-refractivity contribution < 1.29 is 4.39 Å². The fourth-order valence-corrected chi connectivity index (χ4v) is 1.83. The predicted molar refractivity (Wildman–Crippen MR) is 61.5 cm³/mol. The molecule has 1 aliphatic carbocycles. The average Bonchev–Trinajstić information content (AvgIpc) is 2.33. The van der Waals surface area contributed by atoms with E-state index in [4.69, 9.17) is 5.26 Å². The van der Waals surface area contributed by atoms with E-state index >= 15 is 0 Å². The van der Waals surface area contributed by atoms with Gasteiger partial charge in [-0.15, -0.1) is 0 Å². The van der Waals surface area contributed by atoms with Crippen LogP contribution >= 0.6 is 0 Å². The first-order valence-corrected chi connectivity index (χ1v) is 5.42. The summed E-state index contributed by atoms with van der Waals surface area (Å²) in [6, 6.07) is 6.62. The topological polar surface area (TPSA) is 35.8 Å². The van der Waals surface area contributed by atoms with Gasteiger partial charge in [0.25, 0.3) is 0 Å². The fourth-order valence-electron chi connectivity index (χ4n) is 1.83. The van der Waals surface area contributed by atoms with E-state index in [9.17, 15) is 4.39 Å². The number of halogens is 1. The Hall–Kier alpha value is -1.82. The van der Waals surface area contributed by atoms with Crippen molar-refractivity contribution in [2.75, 3.05) is 5.32 Å². The Bertz CT molecular complexity index is 446. The van der Waals surface area contributed by atoms with Crippen LogP contribution in [0.1, 0.15) is 24.8 Å². The highest BCUT2D eigenvalue weighted by Crippen LogP contribution is 2.20. The molecule has 1 unspecified atom stereocenters. The van der Waals surface area contributed by atoms with Gasteiger partial charge in [0.15, 0.2) is 0 Å². The molecule has 2 rings (SSSR count). The Labute approximate surface area is 94.4 Å². The van der Waals surface area contributed by atoms with Gasteiger partial charge in [-0.1, -0.05) is 12.2 Å². The number of anilines is 1. The minimum Gasteiger partial charge on any atom is -0.376 e. The quantitative estimate of drug-likeness (QED) is 0.770. The van der Waals surface area contributed by atoms with Gasteiger partial charge in [0, 0.05) is 6.04 Å². The Morgan fingerprint density at radius 3 is 2.94 bits per heavy atom. The molecule has 0 saturated carbocycles. The summed E-state index contributed by atoms with van der Waals surface area (Å²) < 4.78 is 13.6. The highest BCUT2D eigenvalue weighted by atomic mass is 19.1. The van der Waals surface area contributed by atoms with Gasteiger partial charge in [-0.05, 0) is 37.5 Å². The third-order valence-electron chi connectivity index (χ3n) is 2.69. The van der Waals surface area contributed by atoms with Crippen LogP contribution in [0.2, 0.25) is 0 Å². The van der Waals surface area contributed by atoms with Crippen LogP contribution in [0, 0.1) is 17.1 Å². The zero-order valence-electron chi connectivity index (χ0n) is 8.91. The third-order valence-corrected chi connectivity index (χ3v) is 2.69. The van der Waals surface area contributed by atoms with E-state index in [0.717, 1.165) is 19.3 Å². The Kier molecular flexibility index (Phi) is 3.21. The summed E-state index contributed by atoms with van der Waals surface area (Å²) in [5, 5.41) is 11.8. The molecule has 0 radical (unpaired) electrons. The van der Waals surface area contributed by atoms with Crippen LogP contribution in [0.3, 0.4) is 0 Å². The Balaban J connectivity index is 2.12. The van der Waals surface area contributed by atoms with E-state index < -0.39 is 0 Å². The second-order valence-corrected chi connectivity index (χ2v) is 3.92. The van der Waals surface area contributed by atoms with Gasteiger partial charge in [-0.25, -0.2) is 4.39 Å². The molecule has 1 atom stereocenters. The van der Waals surface area contributed by atoms with E-state index in [1.54, 1.807) is 12.1 Å². The van der Waals surface area contributed by atoms with Crippen LogP contribution in [-0.4, -0.2) is 6.04 Å². The number of nitriles is 1. The lowest BCUT2D eigenvalue weighted by molar-refractivity contribution is 0.620. The maximum absolute atomic E-state index is 13.6. The first kappa shape index (κ1) is 10.7. The summed E-state index contributed by atoms with van der Waals surface area (Å²) in [6.07, 6.45) is 7.44. The summed E-state index contributed by atoms with van der Waals surface area (Å²) >= 11 is 0. The van der Waals surface area contributed by atoms with Crippen LogP contribution in [-0.2, 0) is 0 Å². The van der Waals surface area contributed by atoms with E-state index in [2.05, 4.69) is 17.5 Å². The number of benzene rings is 1. The molecule has 1 aromatic rings. The number of hydrogen-bond acceptors (Lipinski definition) is 2. The summed E-state index contributed by atoms with van der Waals surface area (Å²) in [6.45, 7) is 0. The lowest BCUT2D eigenvalue weighted by atomic mass is 10.0. The number of allylic oxidation sites excluding steroid dienone is 1. The number of nitrogens with zero attached hydrogens (tertiary/aromatic N) is 1. The second-order valence-electron chi connectivity index (χ2n) is 3.92. The Morgan fingerprint density at radius 2 is 2.31 bits per heavy atom. The van der Waals surface area contributed by atoms with Gasteiger partial charge < -0.3 is 5.32 Å². The maximum Gasteiger partial charge on any atom is 0.147 e. The smallest absolute Gasteiger partial charge is 0.147 e. The van der Waals surface area contributed by atoms with Gasteiger partial charge in [0.2, 0.25) is 0 Å². The standard InChI is InChI=1S/C13H13FN2/c14-12-8-10(9-15)6-7-13(12)16-11-4-2-1-3-5-11/h2,4,6-8,11,16H,1,3,5H2. The van der Waals surface area contributed by atoms with Crippen molar-refractivity contribution in [3.05, 3.63) is 41.7 Å². The number of hydrogen-bond donors (Lipinski definition) is 1. The molecule has 0 bridgehead atoms. The SMILES string of the molecule is N#Cc1ccc(NC2C=CCCC2)c(F)c1.